The average Bonchev–Trinajstić information content (AvgIpc) is 3.09. The fourth-order valence-electron chi connectivity index (χ4n) is 2.40. The number of thiocarbonyl (C=S) groups is 1. The summed E-state index contributed by atoms with van der Waals surface area (Å²) >= 11 is 6.45. The quantitative estimate of drug-likeness (QED) is 0.340. The lowest BCUT2D eigenvalue weighted by Crippen LogP contribution is -2.07. The Balaban J connectivity index is 1.89. The van der Waals surface area contributed by atoms with Crippen molar-refractivity contribution in [2.24, 2.45) is 5.92 Å². The van der Waals surface area contributed by atoms with E-state index >= 15 is 0 Å². The average molecular weight is 359 g/mol. The topological polar surface area (TPSA) is 73.3 Å². The van der Waals surface area contributed by atoms with E-state index in [1.807, 2.05) is 0 Å². The van der Waals surface area contributed by atoms with Gasteiger partial charge < -0.3 is 4.42 Å². The number of carbonyl (C=O) groups is 1. The van der Waals surface area contributed by atoms with Crippen LogP contribution < -0.4 is 0 Å². The molecule has 0 radical (unpaired) electrons. The number of thioether (sulfide) groups is 1. The second-order valence-corrected chi connectivity index (χ2v) is 7.26. The molecule has 2 aromatic rings. The highest BCUT2D eigenvalue weighted by atomic mass is 32.2. The maximum atomic E-state index is 12.1. The number of Topliss-reactive ketones (excluding diaryl/α,β-unsaturated/α-hetero) is 1. The third-order valence-corrected chi connectivity index (χ3v) is 5.48. The van der Waals surface area contributed by atoms with Gasteiger partial charge in [-0.3, -0.25) is 14.9 Å². The lowest BCUT2D eigenvalue weighted by Gasteiger charge is -2.00. The zero-order chi connectivity index (χ0) is 17.4. The van der Waals surface area contributed by atoms with Gasteiger partial charge in [-0.05, 0) is 44.2 Å². The third kappa shape index (κ3) is 3.05. The SMILES string of the molecule is Cc1cc(-c2ccc(/C=C3\SC(=S)C(C)C3=O)o2)ccc1[N+](=O)[O-]. The summed E-state index contributed by atoms with van der Waals surface area (Å²) in [6, 6.07) is 8.35. The van der Waals surface area contributed by atoms with E-state index in [2.05, 4.69) is 0 Å². The largest absolute Gasteiger partial charge is 0.457 e. The highest BCUT2D eigenvalue weighted by molar-refractivity contribution is 8.27. The number of hydrogen-bond donors (Lipinski definition) is 0. The maximum absolute atomic E-state index is 12.1. The molecule has 0 amide bonds. The Morgan fingerprint density at radius 3 is 2.67 bits per heavy atom. The van der Waals surface area contributed by atoms with E-state index in [9.17, 15) is 14.9 Å². The summed E-state index contributed by atoms with van der Waals surface area (Å²) in [6.45, 7) is 3.48. The lowest BCUT2D eigenvalue weighted by molar-refractivity contribution is -0.385. The van der Waals surface area contributed by atoms with Crippen LogP contribution in [0, 0.1) is 23.0 Å². The molecule has 1 aromatic heterocycles. The Bertz CT molecular complexity index is 898. The van der Waals surface area contributed by atoms with Crippen molar-refractivity contribution in [1.29, 1.82) is 0 Å². The van der Waals surface area contributed by atoms with Crippen molar-refractivity contribution in [2.45, 2.75) is 13.8 Å². The lowest BCUT2D eigenvalue weighted by atomic mass is 10.1. The van der Waals surface area contributed by atoms with Crippen LogP contribution in [0.3, 0.4) is 0 Å². The second kappa shape index (κ2) is 6.33. The summed E-state index contributed by atoms with van der Waals surface area (Å²) in [4.78, 5) is 23.1. The molecule has 1 saturated heterocycles. The molecule has 2 heterocycles. The van der Waals surface area contributed by atoms with Gasteiger partial charge in [0.25, 0.3) is 5.69 Å². The van der Waals surface area contributed by atoms with Crippen LogP contribution in [0.5, 0.6) is 0 Å². The van der Waals surface area contributed by atoms with Gasteiger partial charge in [-0.2, -0.15) is 0 Å². The molecular formula is C17H13NO4S2. The van der Waals surface area contributed by atoms with Crippen LogP contribution in [0.15, 0.2) is 39.7 Å². The third-order valence-electron chi connectivity index (χ3n) is 3.78. The maximum Gasteiger partial charge on any atom is 0.272 e. The van der Waals surface area contributed by atoms with Crippen molar-refractivity contribution in [3.8, 4) is 11.3 Å². The fraction of sp³-hybridized carbons (Fsp3) is 0.176. The van der Waals surface area contributed by atoms with E-state index in [1.165, 1.54) is 17.8 Å². The summed E-state index contributed by atoms with van der Waals surface area (Å²) in [5.41, 5.74) is 1.38. The summed E-state index contributed by atoms with van der Waals surface area (Å²) in [7, 11) is 0. The number of rotatable bonds is 3. The summed E-state index contributed by atoms with van der Waals surface area (Å²) in [5, 5.41) is 10.9. The van der Waals surface area contributed by atoms with Crippen LogP contribution in [0.2, 0.25) is 0 Å². The van der Waals surface area contributed by atoms with Crippen molar-refractivity contribution < 1.29 is 14.1 Å². The number of nitro groups is 1. The van der Waals surface area contributed by atoms with Crippen molar-refractivity contribution in [3.63, 3.8) is 0 Å². The Morgan fingerprint density at radius 2 is 2.08 bits per heavy atom. The predicted octanol–water partition coefficient (Wildman–Crippen LogP) is 4.78. The van der Waals surface area contributed by atoms with Gasteiger partial charge >= 0.3 is 0 Å². The second-order valence-electron chi connectivity index (χ2n) is 5.48. The minimum Gasteiger partial charge on any atom is -0.457 e. The van der Waals surface area contributed by atoms with E-state index < -0.39 is 4.92 Å². The van der Waals surface area contributed by atoms with Crippen molar-refractivity contribution >= 4 is 45.7 Å². The fourth-order valence-corrected chi connectivity index (χ4v) is 3.73. The van der Waals surface area contributed by atoms with Crippen molar-refractivity contribution in [1.82, 2.24) is 0 Å². The number of ketones is 1. The van der Waals surface area contributed by atoms with Gasteiger partial charge in [0.05, 0.1) is 19.9 Å². The molecule has 0 spiro atoms. The van der Waals surface area contributed by atoms with E-state index in [1.54, 1.807) is 44.2 Å². The molecule has 1 unspecified atom stereocenters. The first-order valence-corrected chi connectivity index (χ1v) is 8.42. The van der Waals surface area contributed by atoms with Crippen LogP contribution in [0.25, 0.3) is 17.4 Å². The molecule has 7 heteroatoms. The molecule has 0 saturated carbocycles. The smallest absolute Gasteiger partial charge is 0.272 e. The minimum absolute atomic E-state index is 0.00845. The zero-order valence-corrected chi connectivity index (χ0v) is 14.6. The van der Waals surface area contributed by atoms with Crippen LogP contribution >= 0.6 is 24.0 Å². The molecule has 1 fully saturated rings. The Morgan fingerprint density at radius 1 is 1.33 bits per heavy atom. The van der Waals surface area contributed by atoms with E-state index in [-0.39, 0.29) is 17.4 Å². The molecule has 0 bridgehead atoms. The number of carbonyl (C=O) groups excluding carboxylic acids is 1. The van der Waals surface area contributed by atoms with E-state index in [4.69, 9.17) is 16.6 Å². The Kier molecular flexibility index (Phi) is 4.38. The number of furan rings is 1. The molecule has 3 rings (SSSR count). The molecule has 1 aliphatic heterocycles. The number of nitrogens with zero attached hydrogens (tertiary/aromatic N) is 1. The highest BCUT2D eigenvalue weighted by Gasteiger charge is 2.31. The Labute approximate surface area is 147 Å². The van der Waals surface area contributed by atoms with Gasteiger partial charge in [0.2, 0.25) is 0 Å². The number of hydrogen-bond acceptors (Lipinski definition) is 6. The molecule has 1 atom stereocenters. The molecule has 122 valence electrons. The summed E-state index contributed by atoms with van der Waals surface area (Å²) in [5.74, 6) is 0.900. The molecule has 24 heavy (non-hydrogen) atoms. The summed E-state index contributed by atoms with van der Waals surface area (Å²) in [6.07, 6.45) is 1.69. The van der Waals surface area contributed by atoms with E-state index in [0.29, 0.717) is 26.2 Å². The first kappa shape index (κ1) is 16.6. The monoisotopic (exact) mass is 359 g/mol. The van der Waals surface area contributed by atoms with E-state index in [0.717, 1.165) is 5.56 Å². The first-order valence-electron chi connectivity index (χ1n) is 7.19. The number of allylic oxidation sites excluding steroid dienone is 1. The van der Waals surface area contributed by atoms with Gasteiger partial charge in [-0.15, -0.1) is 0 Å². The van der Waals surface area contributed by atoms with Crippen LogP contribution in [-0.4, -0.2) is 14.9 Å². The van der Waals surface area contributed by atoms with Crippen LogP contribution in [-0.2, 0) is 4.79 Å². The van der Waals surface area contributed by atoms with Gasteiger partial charge in [0.1, 0.15) is 11.5 Å². The van der Waals surface area contributed by atoms with Crippen LogP contribution in [0.1, 0.15) is 18.2 Å². The first-order chi connectivity index (χ1) is 11.4. The predicted molar refractivity (Wildman–Crippen MR) is 97.9 cm³/mol. The van der Waals surface area contributed by atoms with Gasteiger partial charge in [-0.1, -0.05) is 24.0 Å². The molecule has 1 aliphatic rings. The molecule has 5 nitrogen and oxygen atoms in total. The molecule has 0 N–H and O–H groups in total. The number of aryl methyl sites for hydroxylation is 1. The normalized spacial score (nSPS) is 19.2. The zero-order valence-electron chi connectivity index (χ0n) is 12.9. The molecule has 0 aliphatic carbocycles. The van der Waals surface area contributed by atoms with Gasteiger partial charge in [0.15, 0.2) is 5.78 Å². The minimum atomic E-state index is -0.413. The summed E-state index contributed by atoms with van der Waals surface area (Å²) < 4.78 is 6.42. The number of benzene rings is 1. The molecular weight excluding hydrogens is 346 g/mol. The highest BCUT2D eigenvalue weighted by Crippen LogP contribution is 2.36. The number of nitro benzene ring substituents is 1. The van der Waals surface area contributed by atoms with Gasteiger partial charge in [-0.25, -0.2) is 0 Å². The molecule has 1 aromatic carbocycles. The van der Waals surface area contributed by atoms with Crippen molar-refractivity contribution in [3.05, 3.63) is 56.7 Å². The standard InChI is InChI=1S/C17H13NO4S2/c1-9-7-11(3-5-13(9)18(20)21)14-6-4-12(22-14)8-15-16(19)10(2)17(23)24-15/h3-8,10H,1-2H3/b15-8-. The van der Waals surface area contributed by atoms with Crippen molar-refractivity contribution in [2.75, 3.05) is 0 Å². The van der Waals surface area contributed by atoms with Gasteiger partial charge in [0, 0.05) is 17.2 Å². The Hall–Kier alpha value is -2.25. The van der Waals surface area contributed by atoms with Crippen LogP contribution in [0.4, 0.5) is 5.69 Å².